The number of aryl methyl sites for hydroxylation is 2. The fourth-order valence-electron chi connectivity index (χ4n) is 1.18. The van der Waals surface area contributed by atoms with Crippen molar-refractivity contribution < 1.29 is 0 Å². The highest BCUT2D eigenvalue weighted by molar-refractivity contribution is 5.38. The van der Waals surface area contributed by atoms with Crippen LogP contribution < -0.4 is 5.32 Å². The van der Waals surface area contributed by atoms with Crippen molar-refractivity contribution in [2.75, 3.05) is 11.9 Å². The van der Waals surface area contributed by atoms with Crippen molar-refractivity contribution in [3.05, 3.63) is 23.4 Å². The van der Waals surface area contributed by atoms with Gasteiger partial charge in [-0.2, -0.15) is 0 Å². The second-order valence-electron chi connectivity index (χ2n) is 3.10. The molecule has 0 amide bonds. The van der Waals surface area contributed by atoms with Gasteiger partial charge in [0.2, 0.25) is 0 Å². The SMILES string of the molecule is CCCNc1cc(C)cc(C)n1. The molecule has 0 aliphatic rings. The Balaban J connectivity index is 2.72. The number of pyridine rings is 1. The molecular weight excluding hydrogens is 148 g/mol. The van der Waals surface area contributed by atoms with Crippen molar-refractivity contribution in [1.29, 1.82) is 0 Å². The lowest BCUT2D eigenvalue weighted by atomic mass is 10.2. The Bertz CT molecular complexity index is 236. The number of nitrogens with one attached hydrogen (secondary N) is 1. The van der Waals surface area contributed by atoms with Gasteiger partial charge < -0.3 is 5.32 Å². The van der Waals surface area contributed by atoms with Gasteiger partial charge >= 0.3 is 0 Å². The van der Waals surface area contributed by atoms with Crippen molar-refractivity contribution in [3.8, 4) is 0 Å². The lowest BCUT2D eigenvalue weighted by Crippen LogP contribution is -2.02. The van der Waals surface area contributed by atoms with Crippen molar-refractivity contribution in [2.24, 2.45) is 0 Å². The molecule has 0 saturated heterocycles. The Labute approximate surface area is 74.0 Å². The Morgan fingerprint density at radius 3 is 2.67 bits per heavy atom. The minimum Gasteiger partial charge on any atom is -0.370 e. The zero-order valence-corrected chi connectivity index (χ0v) is 8.02. The molecular formula is C10H16N2. The average Bonchev–Trinajstić information content (AvgIpc) is 1.99. The van der Waals surface area contributed by atoms with E-state index in [0.717, 1.165) is 24.5 Å². The van der Waals surface area contributed by atoms with Gasteiger partial charge in [0.1, 0.15) is 5.82 Å². The second kappa shape index (κ2) is 4.10. The summed E-state index contributed by atoms with van der Waals surface area (Å²) in [5, 5.41) is 3.26. The molecule has 2 nitrogen and oxygen atoms in total. The molecule has 2 heteroatoms. The van der Waals surface area contributed by atoms with Gasteiger partial charge in [-0.05, 0) is 38.0 Å². The Kier molecular flexibility index (Phi) is 3.09. The molecule has 0 aromatic carbocycles. The summed E-state index contributed by atoms with van der Waals surface area (Å²) in [7, 11) is 0. The molecule has 0 saturated carbocycles. The van der Waals surface area contributed by atoms with Crippen LogP contribution in [0.15, 0.2) is 12.1 Å². The highest BCUT2D eigenvalue weighted by Gasteiger charge is 1.94. The van der Waals surface area contributed by atoms with Crippen LogP contribution in [0.25, 0.3) is 0 Å². The van der Waals surface area contributed by atoms with E-state index >= 15 is 0 Å². The van der Waals surface area contributed by atoms with Gasteiger partial charge in [0.05, 0.1) is 0 Å². The summed E-state index contributed by atoms with van der Waals surface area (Å²) in [6.45, 7) is 7.25. The Hall–Kier alpha value is -1.05. The molecule has 0 unspecified atom stereocenters. The molecule has 66 valence electrons. The minimum atomic E-state index is 0.995. The molecule has 0 fully saturated rings. The summed E-state index contributed by atoms with van der Waals surface area (Å²) >= 11 is 0. The topological polar surface area (TPSA) is 24.9 Å². The fourth-order valence-corrected chi connectivity index (χ4v) is 1.18. The molecule has 12 heavy (non-hydrogen) atoms. The van der Waals surface area contributed by atoms with Gasteiger partial charge in [0.15, 0.2) is 0 Å². The summed E-state index contributed by atoms with van der Waals surface area (Å²) < 4.78 is 0. The zero-order chi connectivity index (χ0) is 8.97. The van der Waals surface area contributed by atoms with E-state index in [1.807, 2.05) is 6.92 Å². The number of anilines is 1. The monoisotopic (exact) mass is 164 g/mol. The van der Waals surface area contributed by atoms with E-state index in [2.05, 4.69) is 36.3 Å². The van der Waals surface area contributed by atoms with E-state index in [4.69, 9.17) is 0 Å². The van der Waals surface area contributed by atoms with Crippen molar-refractivity contribution in [2.45, 2.75) is 27.2 Å². The number of hydrogen-bond donors (Lipinski definition) is 1. The van der Waals surface area contributed by atoms with Crippen molar-refractivity contribution in [3.63, 3.8) is 0 Å². The summed E-state index contributed by atoms with van der Waals surface area (Å²) in [4.78, 5) is 4.36. The molecule has 0 radical (unpaired) electrons. The molecule has 1 heterocycles. The molecule has 1 rings (SSSR count). The van der Waals surface area contributed by atoms with E-state index in [0.29, 0.717) is 0 Å². The highest BCUT2D eigenvalue weighted by Crippen LogP contribution is 2.08. The molecule has 1 aromatic heterocycles. The Morgan fingerprint density at radius 1 is 1.33 bits per heavy atom. The largest absolute Gasteiger partial charge is 0.370 e. The smallest absolute Gasteiger partial charge is 0.126 e. The van der Waals surface area contributed by atoms with Crippen LogP contribution in [-0.2, 0) is 0 Å². The van der Waals surface area contributed by atoms with E-state index in [1.165, 1.54) is 5.56 Å². The first-order valence-corrected chi connectivity index (χ1v) is 4.41. The van der Waals surface area contributed by atoms with Crippen LogP contribution in [0, 0.1) is 13.8 Å². The van der Waals surface area contributed by atoms with Gasteiger partial charge in [-0.15, -0.1) is 0 Å². The highest BCUT2D eigenvalue weighted by atomic mass is 15.0. The summed E-state index contributed by atoms with van der Waals surface area (Å²) in [5.41, 5.74) is 2.34. The van der Waals surface area contributed by atoms with E-state index in [-0.39, 0.29) is 0 Å². The number of aromatic nitrogens is 1. The summed E-state index contributed by atoms with van der Waals surface area (Å²) in [6, 6.07) is 4.15. The van der Waals surface area contributed by atoms with Crippen LogP contribution >= 0.6 is 0 Å². The lowest BCUT2D eigenvalue weighted by molar-refractivity contribution is 0.964. The molecule has 1 aromatic rings. The predicted octanol–water partition coefficient (Wildman–Crippen LogP) is 2.52. The van der Waals surface area contributed by atoms with Gasteiger partial charge in [-0.25, -0.2) is 4.98 Å². The van der Waals surface area contributed by atoms with Gasteiger partial charge in [0, 0.05) is 12.2 Å². The summed E-state index contributed by atoms with van der Waals surface area (Å²) in [5.74, 6) is 0.995. The fraction of sp³-hybridized carbons (Fsp3) is 0.500. The van der Waals surface area contributed by atoms with Crippen LogP contribution in [0.3, 0.4) is 0 Å². The molecule has 1 N–H and O–H groups in total. The van der Waals surface area contributed by atoms with Crippen LogP contribution in [0.5, 0.6) is 0 Å². The predicted molar refractivity (Wildman–Crippen MR) is 52.5 cm³/mol. The Morgan fingerprint density at radius 2 is 2.08 bits per heavy atom. The minimum absolute atomic E-state index is 0.995. The standard InChI is InChI=1S/C10H16N2/c1-4-5-11-10-7-8(2)6-9(3)12-10/h6-7H,4-5H2,1-3H3,(H,11,12). The van der Waals surface area contributed by atoms with E-state index in [9.17, 15) is 0 Å². The van der Waals surface area contributed by atoms with Crippen molar-refractivity contribution >= 4 is 5.82 Å². The molecule has 0 spiro atoms. The lowest BCUT2D eigenvalue weighted by Gasteiger charge is -2.05. The number of rotatable bonds is 3. The van der Waals surface area contributed by atoms with Crippen LogP contribution in [0.2, 0.25) is 0 Å². The van der Waals surface area contributed by atoms with E-state index in [1.54, 1.807) is 0 Å². The van der Waals surface area contributed by atoms with Crippen molar-refractivity contribution in [1.82, 2.24) is 4.98 Å². The molecule has 0 aliphatic carbocycles. The number of hydrogen-bond acceptors (Lipinski definition) is 2. The third-order valence-corrected chi connectivity index (χ3v) is 1.65. The number of nitrogens with zero attached hydrogens (tertiary/aromatic N) is 1. The first kappa shape index (κ1) is 9.04. The maximum atomic E-state index is 4.36. The van der Waals surface area contributed by atoms with Crippen LogP contribution in [-0.4, -0.2) is 11.5 Å². The third-order valence-electron chi connectivity index (χ3n) is 1.65. The molecule has 0 atom stereocenters. The van der Waals surface area contributed by atoms with Crippen LogP contribution in [0.4, 0.5) is 5.82 Å². The third kappa shape index (κ3) is 2.53. The maximum Gasteiger partial charge on any atom is 0.126 e. The van der Waals surface area contributed by atoms with Gasteiger partial charge in [-0.1, -0.05) is 6.92 Å². The average molecular weight is 164 g/mol. The quantitative estimate of drug-likeness (QED) is 0.742. The normalized spacial score (nSPS) is 9.92. The second-order valence-corrected chi connectivity index (χ2v) is 3.10. The van der Waals surface area contributed by atoms with Gasteiger partial charge in [0.25, 0.3) is 0 Å². The zero-order valence-electron chi connectivity index (χ0n) is 8.02. The van der Waals surface area contributed by atoms with Crippen LogP contribution in [0.1, 0.15) is 24.6 Å². The maximum absolute atomic E-state index is 4.36. The van der Waals surface area contributed by atoms with Gasteiger partial charge in [-0.3, -0.25) is 0 Å². The first-order valence-electron chi connectivity index (χ1n) is 4.41. The molecule has 0 aliphatic heterocycles. The van der Waals surface area contributed by atoms with E-state index < -0.39 is 0 Å². The summed E-state index contributed by atoms with van der Waals surface area (Å²) in [6.07, 6.45) is 1.13. The molecule has 0 bridgehead atoms. The first-order chi connectivity index (χ1) is 5.72.